The average Bonchev–Trinajstić information content (AvgIpc) is 2.73. The minimum absolute atomic E-state index is 1.09. The second kappa shape index (κ2) is 8.43. The maximum absolute atomic E-state index is 4.60. The first-order valence-corrected chi connectivity index (χ1v) is 6.93. The molecule has 3 nitrogen and oxygen atoms in total. The number of rotatable bonds is 8. The molecule has 0 fully saturated rings. The van der Waals surface area contributed by atoms with E-state index in [0.717, 1.165) is 26.1 Å². The number of nitrogens with one attached hydrogen (secondary N) is 1. The zero-order valence-corrected chi connectivity index (χ0v) is 11.0. The summed E-state index contributed by atoms with van der Waals surface area (Å²) in [5, 5.41) is 10.3. The number of hydrazone groups is 1. The fourth-order valence-corrected chi connectivity index (χ4v) is 1.94. The van der Waals surface area contributed by atoms with Crippen LogP contribution in [0.4, 0.5) is 0 Å². The second-order valence-corrected chi connectivity index (χ2v) is 4.59. The van der Waals surface area contributed by atoms with Crippen LogP contribution < -0.4 is 5.32 Å². The molecule has 0 atom stereocenters. The van der Waals surface area contributed by atoms with Crippen LogP contribution in [-0.2, 0) is 0 Å². The molecule has 0 unspecified atom stereocenters. The van der Waals surface area contributed by atoms with Crippen LogP contribution in [0.15, 0.2) is 5.10 Å². The molecule has 0 bridgehead atoms. The van der Waals surface area contributed by atoms with Crippen molar-refractivity contribution < 1.29 is 0 Å². The maximum Gasteiger partial charge on any atom is 0.124 e. The average molecular weight is 225 g/mol. The molecule has 0 aromatic carbocycles. The summed E-state index contributed by atoms with van der Waals surface area (Å²) < 4.78 is 0. The lowest BCUT2D eigenvalue weighted by molar-refractivity contribution is 0.309. The third-order valence-electron chi connectivity index (χ3n) is 3.00. The van der Waals surface area contributed by atoms with E-state index < -0.39 is 0 Å². The SMILES string of the molecule is CCCCCNC1=NN(CCCCC)CC1. The van der Waals surface area contributed by atoms with Gasteiger partial charge in [0.05, 0.1) is 0 Å². The molecular weight excluding hydrogens is 198 g/mol. The first-order chi connectivity index (χ1) is 7.86. The van der Waals surface area contributed by atoms with Crippen molar-refractivity contribution in [2.75, 3.05) is 19.6 Å². The molecule has 0 aromatic rings. The Morgan fingerprint density at radius 2 is 1.88 bits per heavy atom. The summed E-state index contributed by atoms with van der Waals surface area (Å²) in [6, 6.07) is 0. The van der Waals surface area contributed by atoms with Gasteiger partial charge in [0.1, 0.15) is 5.84 Å². The van der Waals surface area contributed by atoms with Crippen molar-refractivity contribution in [3.63, 3.8) is 0 Å². The van der Waals surface area contributed by atoms with E-state index in [4.69, 9.17) is 0 Å². The summed E-state index contributed by atoms with van der Waals surface area (Å²) in [6.45, 7) is 7.82. The van der Waals surface area contributed by atoms with Gasteiger partial charge in [0.15, 0.2) is 0 Å². The summed E-state index contributed by atoms with van der Waals surface area (Å²) in [7, 11) is 0. The zero-order chi connectivity index (χ0) is 11.6. The van der Waals surface area contributed by atoms with E-state index >= 15 is 0 Å². The predicted molar refractivity (Wildman–Crippen MR) is 70.7 cm³/mol. The number of unbranched alkanes of at least 4 members (excludes halogenated alkanes) is 4. The third kappa shape index (κ3) is 5.38. The standard InChI is InChI=1S/C13H27N3/c1-3-5-7-10-14-13-9-12-16(15-13)11-8-6-4-2/h3-12H2,1-2H3,(H,14,15). The summed E-state index contributed by atoms with van der Waals surface area (Å²) >= 11 is 0. The highest BCUT2D eigenvalue weighted by Gasteiger charge is 2.12. The highest BCUT2D eigenvalue weighted by Crippen LogP contribution is 2.07. The smallest absolute Gasteiger partial charge is 0.124 e. The molecule has 0 saturated heterocycles. The molecule has 0 amide bonds. The highest BCUT2D eigenvalue weighted by molar-refractivity contribution is 5.83. The van der Waals surface area contributed by atoms with Gasteiger partial charge in [0.25, 0.3) is 0 Å². The number of hydrogen-bond acceptors (Lipinski definition) is 3. The van der Waals surface area contributed by atoms with Crippen LogP contribution in [0.3, 0.4) is 0 Å². The highest BCUT2D eigenvalue weighted by atomic mass is 15.5. The lowest BCUT2D eigenvalue weighted by atomic mass is 10.2. The molecule has 0 aromatic heterocycles. The maximum atomic E-state index is 4.60. The van der Waals surface area contributed by atoms with Crippen molar-refractivity contribution in [2.24, 2.45) is 5.10 Å². The Hall–Kier alpha value is -0.730. The van der Waals surface area contributed by atoms with Crippen LogP contribution in [0.2, 0.25) is 0 Å². The molecule has 1 rings (SSSR count). The lowest BCUT2D eigenvalue weighted by Gasteiger charge is -2.11. The van der Waals surface area contributed by atoms with E-state index in [1.807, 2.05) is 0 Å². The molecule has 16 heavy (non-hydrogen) atoms. The van der Waals surface area contributed by atoms with E-state index in [-0.39, 0.29) is 0 Å². The normalized spacial score (nSPS) is 15.4. The van der Waals surface area contributed by atoms with Crippen LogP contribution in [0.1, 0.15) is 58.8 Å². The van der Waals surface area contributed by atoms with Crippen LogP contribution >= 0.6 is 0 Å². The van der Waals surface area contributed by atoms with Gasteiger partial charge in [-0.05, 0) is 12.8 Å². The molecule has 1 aliphatic rings. The zero-order valence-electron chi connectivity index (χ0n) is 11.0. The van der Waals surface area contributed by atoms with E-state index in [1.165, 1.54) is 44.4 Å². The molecule has 3 heteroatoms. The topological polar surface area (TPSA) is 27.6 Å². The van der Waals surface area contributed by atoms with Gasteiger partial charge in [-0.25, -0.2) is 0 Å². The first kappa shape index (κ1) is 13.3. The number of nitrogens with zero attached hydrogens (tertiary/aromatic N) is 2. The Bertz CT molecular complexity index is 201. The summed E-state index contributed by atoms with van der Waals surface area (Å²) in [6.07, 6.45) is 8.88. The van der Waals surface area contributed by atoms with E-state index in [0.29, 0.717) is 0 Å². The number of amidine groups is 1. The first-order valence-electron chi connectivity index (χ1n) is 6.93. The van der Waals surface area contributed by atoms with Crippen LogP contribution in [0.5, 0.6) is 0 Å². The second-order valence-electron chi connectivity index (χ2n) is 4.59. The van der Waals surface area contributed by atoms with E-state index in [1.54, 1.807) is 0 Å². The number of hydrogen-bond donors (Lipinski definition) is 1. The van der Waals surface area contributed by atoms with Crippen molar-refractivity contribution in [1.29, 1.82) is 0 Å². The van der Waals surface area contributed by atoms with Crippen molar-refractivity contribution in [3.8, 4) is 0 Å². The van der Waals surface area contributed by atoms with Crippen molar-refractivity contribution in [1.82, 2.24) is 10.3 Å². The Kier molecular flexibility index (Phi) is 7.02. The van der Waals surface area contributed by atoms with Gasteiger partial charge < -0.3 is 5.32 Å². The van der Waals surface area contributed by atoms with Crippen LogP contribution in [0.25, 0.3) is 0 Å². The van der Waals surface area contributed by atoms with Gasteiger partial charge in [-0.3, -0.25) is 5.01 Å². The monoisotopic (exact) mass is 225 g/mol. The van der Waals surface area contributed by atoms with Gasteiger partial charge in [-0.2, -0.15) is 5.10 Å². The molecule has 1 heterocycles. The third-order valence-corrected chi connectivity index (χ3v) is 3.00. The molecule has 0 radical (unpaired) electrons. The van der Waals surface area contributed by atoms with Crippen LogP contribution in [0, 0.1) is 0 Å². The minimum atomic E-state index is 1.09. The molecule has 94 valence electrons. The van der Waals surface area contributed by atoms with Crippen molar-refractivity contribution in [3.05, 3.63) is 0 Å². The summed E-state index contributed by atoms with van der Waals surface area (Å²) in [5.41, 5.74) is 0. The Labute approximate surface area is 100 Å². The van der Waals surface area contributed by atoms with Gasteiger partial charge in [0.2, 0.25) is 0 Å². The minimum Gasteiger partial charge on any atom is -0.372 e. The predicted octanol–water partition coefficient (Wildman–Crippen LogP) is 2.98. The molecule has 0 spiro atoms. The summed E-state index contributed by atoms with van der Waals surface area (Å²) in [5.74, 6) is 1.20. The largest absolute Gasteiger partial charge is 0.372 e. The molecular formula is C13H27N3. The summed E-state index contributed by atoms with van der Waals surface area (Å²) in [4.78, 5) is 0. The Balaban J connectivity index is 2.07. The quantitative estimate of drug-likeness (QED) is 0.643. The fraction of sp³-hybridized carbons (Fsp3) is 0.923. The van der Waals surface area contributed by atoms with Gasteiger partial charge in [0, 0.05) is 26.1 Å². The molecule has 0 aliphatic carbocycles. The van der Waals surface area contributed by atoms with E-state index in [2.05, 4.69) is 29.3 Å². The molecule has 1 aliphatic heterocycles. The molecule has 0 saturated carbocycles. The van der Waals surface area contributed by atoms with Crippen molar-refractivity contribution in [2.45, 2.75) is 58.8 Å². The Morgan fingerprint density at radius 1 is 1.12 bits per heavy atom. The van der Waals surface area contributed by atoms with Gasteiger partial charge >= 0.3 is 0 Å². The fourth-order valence-electron chi connectivity index (χ4n) is 1.94. The van der Waals surface area contributed by atoms with Crippen LogP contribution in [-0.4, -0.2) is 30.5 Å². The van der Waals surface area contributed by atoms with Crippen molar-refractivity contribution >= 4 is 5.84 Å². The van der Waals surface area contributed by atoms with Gasteiger partial charge in [-0.1, -0.05) is 39.5 Å². The molecule has 1 N–H and O–H groups in total. The Morgan fingerprint density at radius 3 is 2.62 bits per heavy atom. The lowest BCUT2D eigenvalue weighted by Crippen LogP contribution is -2.22. The van der Waals surface area contributed by atoms with E-state index in [9.17, 15) is 0 Å². The van der Waals surface area contributed by atoms with Gasteiger partial charge in [-0.15, -0.1) is 0 Å².